The van der Waals surface area contributed by atoms with E-state index in [1.807, 2.05) is 4.72 Å². The minimum Gasteiger partial charge on any atom is -0.467 e. The number of aliphatic imine (C=N–C) groups is 2. The van der Waals surface area contributed by atoms with Crippen molar-refractivity contribution < 1.29 is 27.5 Å². The Kier molecular flexibility index (Phi) is 6.00. The number of nitrogens with zero attached hydrogens (tertiary/aromatic N) is 3. The van der Waals surface area contributed by atoms with Gasteiger partial charge in [-0.05, 0) is 19.1 Å². The highest BCUT2D eigenvalue weighted by Gasteiger charge is 2.28. The van der Waals surface area contributed by atoms with E-state index in [2.05, 4.69) is 20.0 Å². The van der Waals surface area contributed by atoms with Gasteiger partial charge in [0.2, 0.25) is 6.29 Å². The van der Waals surface area contributed by atoms with Crippen LogP contribution in [0.15, 0.2) is 39.1 Å². The molecular formula is C15H19N5O6S. The molecule has 11 nitrogen and oxygen atoms in total. The number of rotatable bonds is 4. The molecule has 1 aliphatic heterocycles. The molecule has 1 aromatic rings. The largest absolute Gasteiger partial charge is 0.467 e. The number of carbonyl (C=O) groups excluding carboxylic acids is 2. The number of amides is 2. The van der Waals surface area contributed by atoms with Crippen molar-refractivity contribution >= 4 is 33.9 Å². The first-order chi connectivity index (χ1) is 12.7. The number of carbonyl (C=O) groups is 2. The van der Waals surface area contributed by atoms with Gasteiger partial charge in [-0.3, -0.25) is 5.32 Å². The molecule has 0 fully saturated rings. The second-order valence-corrected chi connectivity index (χ2v) is 6.98. The Balaban J connectivity index is 2.20. The zero-order valence-corrected chi connectivity index (χ0v) is 15.9. The summed E-state index contributed by atoms with van der Waals surface area (Å²) in [5.41, 5.74) is -0.197. The van der Waals surface area contributed by atoms with E-state index in [0.717, 1.165) is 7.11 Å². The van der Waals surface area contributed by atoms with Crippen LogP contribution in [0, 0.1) is 0 Å². The Morgan fingerprint density at radius 2 is 1.89 bits per heavy atom. The summed E-state index contributed by atoms with van der Waals surface area (Å²) in [6, 6.07) is 4.36. The van der Waals surface area contributed by atoms with Gasteiger partial charge >= 0.3 is 18.0 Å². The number of nitrogens with one attached hydrogen (secondary N) is 2. The summed E-state index contributed by atoms with van der Waals surface area (Å²) >= 11 is 0. The molecule has 0 spiro atoms. The van der Waals surface area contributed by atoms with Crippen molar-refractivity contribution in [2.24, 2.45) is 9.98 Å². The molecule has 1 aliphatic rings. The first kappa shape index (κ1) is 20.2. The normalized spacial score (nSPS) is 16.7. The minimum atomic E-state index is -4.34. The minimum absolute atomic E-state index is 0.0368. The SMILES string of the molecule is COC(=O)c1ccccc1S(=O)(=O)NC(=O)NC1N=C(OC)N=C(C)N1C. The molecule has 1 heterocycles. The molecular weight excluding hydrogens is 378 g/mol. The van der Waals surface area contributed by atoms with E-state index in [1.54, 1.807) is 14.0 Å². The quantitative estimate of drug-likeness (QED) is 0.688. The van der Waals surface area contributed by atoms with E-state index in [9.17, 15) is 18.0 Å². The lowest BCUT2D eigenvalue weighted by atomic mass is 10.2. The molecule has 2 amide bonds. The van der Waals surface area contributed by atoms with Crippen LogP contribution in [0.1, 0.15) is 17.3 Å². The molecule has 1 unspecified atom stereocenters. The maximum absolute atomic E-state index is 12.5. The average molecular weight is 397 g/mol. The number of urea groups is 1. The number of ether oxygens (including phenoxy) is 2. The van der Waals surface area contributed by atoms with Gasteiger partial charge < -0.3 is 14.4 Å². The fraction of sp³-hybridized carbons (Fsp3) is 0.333. The first-order valence-corrected chi connectivity index (χ1v) is 9.08. The number of esters is 1. The van der Waals surface area contributed by atoms with E-state index in [4.69, 9.17) is 4.74 Å². The van der Waals surface area contributed by atoms with Crippen LogP contribution in [0.2, 0.25) is 0 Å². The lowest BCUT2D eigenvalue weighted by Crippen LogP contribution is -2.53. The van der Waals surface area contributed by atoms with Gasteiger partial charge in [0.1, 0.15) is 10.7 Å². The van der Waals surface area contributed by atoms with Crippen LogP contribution in [0.25, 0.3) is 0 Å². The smallest absolute Gasteiger partial charge is 0.339 e. The third kappa shape index (κ3) is 4.53. The van der Waals surface area contributed by atoms with Crippen LogP contribution < -0.4 is 10.0 Å². The van der Waals surface area contributed by atoms with Gasteiger partial charge in [0.15, 0.2) is 0 Å². The van der Waals surface area contributed by atoms with Crippen molar-refractivity contribution in [3.8, 4) is 0 Å². The van der Waals surface area contributed by atoms with Crippen LogP contribution in [-0.2, 0) is 19.5 Å². The van der Waals surface area contributed by atoms with E-state index in [1.165, 1.54) is 36.3 Å². The Morgan fingerprint density at radius 3 is 2.52 bits per heavy atom. The molecule has 12 heteroatoms. The van der Waals surface area contributed by atoms with Crippen molar-refractivity contribution in [2.45, 2.75) is 18.1 Å². The monoisotopic (exact) mass is 397 g/mol. The molecule has 0 saturated heterocycles. The molecule has 27 heavy (non-hydrogen) atoms. The van der Waals surface area contributed by atoms with E-state index >= 15 is 0 Å². The maximum atomic E-state index is 12.5. The predicted octanol–water partition coefficient (Wildman–Crippen LogP) is 0.111. The van der Waals surface area contributed by atoms with Gasteiger partial charge in [0.25, 0.3) is 10.0 Å². The highest BCUT2D eigenvalue weighted by atomic mass is 32.2. The molecule has 1 atom stereocenters. The zero-order chi connectivity index (χ0) is 20.2. The lowest BCUT2D eigenvalue weighted by molar-refractivity contribution is 0.0596. The molecule has 1 aromatic carbocycles. The number of hydrogen-bond donors (Lipinski definition) is 2. The van der Waals surface area contributed by atoms with Crippen LogP contribution in [0.5, 0.6) is 0 Å². The maximum Gasteiger partial charge on any atom is 0.339 e. The summed E-state index contributed by atoms with van der Waals surface area (Å²) < 4.78 is 36.4. The number of amidine groups is 2. The molecule has 0 bridgehead atoms. The van der Waals surface area contributed by atoms with Crippen molar-refractivity contribution in [3.05, 3.63) is 29.8 Å². The Hall–Kier alpha value is -3.15. The zero-order valence-electron chi connectivity index (χ0n) is 15.1. The van der Waals surface area contributed by atoms with Crippen molar-refractivity contribution in [2.75, 3.05) is 21.3 Å². The van der Waals surface area contributed by atoms with E-state index in [-0.39, 0.29) is 16.5 Å². The van der Waals surface area contributed by atoms with E-state index < -0.39 is 28.3 Å². The molecule has 0 aliphatic carbocycles. The summed E-state index contributed by atoms with van der Waals surface area (Å²) in [5, 5.41) is 2.38. The summed E-state index contributed by atoms with van der Waals surface area (Å²) in [5.74, 6) is -0.337. The summed E-state index contributed by atoms with van der Waals surface area (Å²) in [6.45, 7) is 1.67. The third-order valence-electron chi connectivity index (χ3n) is 3.62. The highest BCUT2D eigenvalue weighted by Crippen LogP contribution is 2.16. The van der Waals surface area contributed by atoms with Gasteiger partial charge in [-0.25, -0.2) is 22.7 Å². The molecule has 2 N–H and O–H groups in total. The van der Waals surface area contributed by atoms with Crippen molar-refractivity contribution in [1.82, 2.24) is 14.9 Å². The first-order valence-electron chi connectivity index (χ1n) is 7.60. The molecule has 0 aromatic heterocycles. The van der Waals surface area contributed by atoms with Gasteiger partial charge in [-0.15, -0.1) is 0 Å². The predicted molar refractivity (Wildman–Crippen MR) is 95.7 cm³/mol. The van der Waals surface area contributed by atoms with Gasteiger partial charge in [-0.1, -0.05) is 12.1 Å². The lowest BCUT2D eigenvalue weighted by Gasteiger charge is -2.29. The second kappa shape index (κ2) is 8.03. The highest BCUT2D eigenvalue weighted by molar-refractivity contribution is 7.90. The summed E-state index contributed by atoms with van der Waals surface area (Å²) in [6.07, 6.45) is -0.927. The van der Waals surface area contributed by atoms with Gasteiger partial charge in [0, 0.05) is 7.05 Å². The van der Waals surface area contributed by atoms with Gasteiger partial charge in [-0.2, -0.15) is 9.98 Å². The fourth-order valence-electron chi connectivity index (χ4n) is 2.15. The van der Waals surface area contributed by atoms with Crippen LogP contribution in [0.4, 0.5) is 4.79 Å². The average Bonchev–Trinajstić information content (AvgIpc) is 2.64. The van der Waals surface area contributed by atoms with Crippen LogP contribution >= 0.6 is 0 Å². The van der Waals surface area contributed by atoms with Gasteiger partial charge in [0.05, 0.1) is 19.8 Å². The van der Waals surface area contributed by atoms with E-state index in [0.29, 0.717) is 5.84 Å². The number of methoxy groups -OCH3 is 2. The Morgan fingerprint density at radius 1 is 1.22 bits per heavy atom. The van der Waals surface area contributed by atoms with Crippen molar-refractivity contribution in [1.29, 1.82) is 0 Å². The van der Waals surface area contributed by atoms with Crippen molar-refractivity contribution in [3.63, 3.8) is 0 Å². The summed E-state index contributed by atoms with van der Waals surface area (Å²) in [4.78, 5) is 33.2. The fourth-order valence-corrected chi connectivity index (χ4v) is 3.26. The van der Waals surface area contributed by atoms with Crippen LogP contribution in [0.3, 0.4) is 0 Å². The summed E-state index contributed by atoms with van der Waals surface area (Å²) in [7, 11) is -0.233. The molecule has 146 valence electrons. The Labute approximate surface area is 156 Å². The second-order valence-electron chi connectivity index (χ2n) is 5.33. The number of hydrogen-bond acceptors (Lipinski definition) is 9. The number of sulfonamides is 1. The third-order valence-corrected chi connectivity index (χ3v) is 5.01. The Bertz CT molecular complexity index is 911. The standard InChI is InChI=1S/C15H19N5O6S/c1-9-16-15(26-4)18-13(20(9)2)17-14(22)19-27(23,24)11-8-6-5-7-10(11)12(21)25-3/h5-8,13H,1-4H3,(H2,17,19,22). The molecule has 0 radical (unpaired) electrons. The molecule has 0 saturated carbocycles. The van der Waals surface area contributed by atoms with Crippen LogP contribution in [-0.4, -0.2) is 64.7 Å². The topological polar surface area (TPSA) is 139 Å². The number of benzene rings is 1. The molecule has 2 rings (SSSR count).